The Hall–Kier alpha value is -4.62. The number of halogens is 3. The van der Waals surface area contributed by atoms with Gasteiger partial charge in [0.1, 0.15) is 17.0 Å². The summed E-state index contributed by atoms with van der Waals surface area (Å²) in [6, 6.07) is 10.4. The number of nitrogens with zero attached hydrogens (tertiary/aromatic N) is 3. The topological polar surface area (TPSA) is 170 Å². The van der Waals surface area contributed by atoms with Crippen molar-refractivity contribution in [3.63, 3.8) is 0 Å². The number of nitrogens with two attached hydrogens (primary N) is 1. The third kappa shape index (κ3) is 6.15. The minimum absolute atomic E-state index is 0.309. The van der Waals surface area contributed by atoms with Crippen molar-refractivity contribution in [3.8, 4) is 22.7 Å². The molecule has 0 radical (unpaired) electrons. The smallest absolute Gasteiger partial charge is 0.490 e. The van der Waals surface area contributed by atoms with Crippen molar-refractivity contribution in [2.45, 2.75) is 31.5 Å². The summed E-state index contributed by atoms with van der Waals surface area (Å²) in [6.07, 6.45) is -2.58. The van der Waals surface area contributed by atoms with Crippen LogP contribution in [0.15, 0.2) is 42.6 Å². The Labute approximate surface area is 207 Å². The molecule has 1 aliphatic rings. The first-order chi connectivity index (χ1) is 17.3. The van der Waals surface area contributed by atoms with Crippen LogP contribution in [-0.4, -0.2) is 61.9 Å². The van der Waals surface area contributed by atoms with Crippen LogP contribution in [0.1, 0.15) is 28.8 Å². The zero-order valence-corrected chi connectivity index (χ0v) is 19.5. The van der Waals surface area contributed by atoms with E-state index in [0.29, 0.717) is 46.8 Å². The van der Waals surface area contributed by atoms with Crippen LogP contribution in [0.5, 0.6) is 5.75 Å². The fraction of sp³-hybridized carbons (Fsp3) is 0.261. The molecule has 0 spiro atoms. The largest absolute Gasteiger partial charge is 0.496 e. The second-order valence-corrected chi connectivity index (χ2v) is 8.17. The predicted molar refractivity (Wildman–Crippen MR) is 123 cm³/mol. The number of anilines is 1. The van der Waals surface area contributed by atoms with Gasteiger partial charge in [-0.2, -0.15) is 13.2 Å². The third-order valence-electron chi connectivity index (χ3n) is 5.39. The molecule has 3 aromatic rings. The third-order valence-corrected chi connectivity index (χ3v) is 5.39. The average Bonchev–Trinajstić information content (AvgIpc) is 3.44. The highest BCUT2D eigenvalue weighted by Crippen LogP contribution is 2.36. The molecular formula is C23H22F3N5O6. The number of amides is 1. The number of carboxylic acids is 2. The van der Waals surface area contributed by atoms with E-state index in [1.54, 1.807) is 49.7 Å². The summed E-state index contributed by atoms with van der Waals surface area (Å²) in [7, 11) is 1.55. The van der Waals surface area contributed by atoms with Gasteiger partial charge in [-0.25, -0.2) is 14.3 Å². The zero-order valence-electron chi connectivity index (χ0n) is 19.5. The van der Waals surface area contributed by atoms with Gasteiger partial charge in [0, 0.05) is 11.3 Å². The number of hydrogen-bond donors (Lipinski definition) is 4. The van der Waals surface area contributed by atoms with Crippen LogP contribution >= 0.6 is 0 Å². The van der Waals surface area contributed by atoms with Crippen molar-refractivity contribution in [1.82, 2.24) is 20.3 Å². The average molecular weight is 521 g/mol. The first-order valence-corrected chi connectivity index (χ1v) is 10.6. The molecule has 1 fully saturated rings. The number of nitrogen functional groups attached to an aromatic ring is 1. The maximum absolute atomic E-state index is 12.9. The van der Waals surface area contributed by atoms with Crippen LogP contribution in [0.3, 0.4) is 0 Å². The zero-order chi connectivity index (χ0) is 27.5. The lowest BCUT2D eigenvalue weighted by Crippen LogP contribution is -2.43. The van der Waals surface area contributed by atoms with Crippen LogP contribution < -0.4 is 15.8 Å². The second kappa shape index (κ2) is 10.2. The van der Waals surface area contributed by atoms with Crippen molar-refractivity contribution in [1.29, 1.82) is 0 Å². The Bertz CT molecular complexity index is 1350. The molecule has 1 saturated carbocycles. The van der Waals surface area contributed by atoms with Gasteiger partial charge in [0.15, 0.2) is 0 Å². The minimum Gasteiger partial charge on any atom is -0.496 e. The van der Waals surface area contributed by atoms with E-state index in [4.69, 9.17) is 20.4 Å². The minimum atomic E-state index is -5.08. The number of rotatable bonds is 6. The lowest BCUT2D eigenvalue weighted by molar-refractivity contribution is -0.192. The van der Waals surface area contributed by atoms with Crippen molar-refractivity contribution < 1.29 is 42.5 Å². The van der Waals surface area contributed by atoms with Crippen molar-refractivity contribution in [3.05, 3.63) is 53.7 Å². The van der Waals surface area contributed by atoms with Crippen molar-refractivity contribution >= 4 is 23.5 Å². The lowest BCUT2D eigenvalue weighted by atomic mass is 10.1. The molecule has 11 nitrogen and oxygen atoms in total. The fourth-order valence-corrected chi connectivity index (χ4v) is 3.26. The van der Waals surface area contributed by atoms with Crippen molar-refractivity contribution in [2.75, 3.05) is 12.8 Å². The van der Waals surface area contributed by atoms with Gasteiger partial charge in [0.05, 0.1) is 24.6 Å². The number of carbonyl (C=O) groups excluding carboxylic acids is 1. The number of hydrogen-bond acceptors (Lipinski definition) is 7. The van der Waals surface area contributed by atoms with Gasteiger partial charge in [-0.3, -0.25) is 4.79 Å². The molecule has 2 aromatic carbocycles. The monoisotopic (exact) mass is 521 g/mol. The molecule has 1 aliphatic carbocycles. The molecule has 14 heteroatoms. The summed E-state index contributed by atoms with van der Waals surface area (Å²) in [5, 5.41) is 27.5. The predicted octanol–water partition coefficient (Wildman–Crippen LogP) is 2.81. The van der Waals surface area contributed by atoms with E-state index < -0.39 is 29.6 Å². The summed E-state index contributed by atoms with van der Waals surface area (Å²) in [4.78, 5) is 33.2. The molecule has 5 N–H and O–H groups in total. The molecule has 0 saturated heterocycles. The maximum atomic E-state index is 12.9. The number of aromatic nitrogens is 3. The van der Waals surface area contributed by atoms with E-state index in [0.717, 1.165) is 5.56 Å². The van der Waals surface area contributed by atoms with Gasteiger partial charge in [-0.05, 0) is 55.7 Å². The molecule has 4 rings (SSSR count). The highest BCUT2D eigenvalue weighted by Gasteiger charge is 2.51. The second-order valence-electron chi connectivity index (χ2n) is 8.17. The number of aliphatic carboxylic acids is 2. The number of benzene rings is 2. The summed E-state index contributed by atoms with van der Waals surface area (Å²) in [5.41, 5.74) is 8.19. The van der Waals surface area contributed by atoms with Gasteiger partial charge in [-0.1, -0.05) is 11.3 Å². The Morgan fingerprint density at radius 2 is 1.78 bits per heavy atom. The van der Waals surface area contributed by atoms with E-state index in [1.807, 2.05) is 6.92 Å². The van der Waals surface area contributed by atoms with Crippen molar-refractivity contribution in [2.24, 2.45) is 0 Å². The molecule has 1 heterocycles. The Morgan fingerprint density at radius 3 is 2.32 bits per heavy atom. The summed E-state index contributed by atoms with van der Waals surface area (Å²) in [5.74, 6) is -3.66. The SMILES string of the molecule is COc1ccc(N)cc1-c1cn(-c2cc(C)ccc2C(=O)NC2(C(=O)O)CC2)nn1.O=C(O)C(F)(F)F. The van der Waals surface area contributed by atoms with Crippen LogP contribution in [-0.2, 0) is 9.59 Å². The number of ether oxygens (including phenoxy) is 1. The van der Waals surface area contributed by atoms with Gasteiger partial charge >= 0.3 is 18.1 Å². The standard InChI is InChI=1S/C21H21N5O4.C2HF3O2/c1-12-3-5-14(19(27)23-21(7-8-21)20(28)29)17(9-12)26-11-16(24-25-26)15-10-13(22)4-6-18(15)30-2;3-2(4,5)1(6)7/h3-6,9-11H,7-8,22H2,1-2H3,(H,23,27)(H,28,29);(H,6,7). The Morgan fingerprint density at radius 1 is 1.14 bits per heavy atom. The first kappa shape index (κ1) is 27.0. The van der Waals surface area contributed by atoms with Gasteiger partial charge < -0.3 is 26.0 Å². The number of carbonyl (C=O) groups is 3. The lowest BCUT2D eigenvalue weighted by Gasteiger charge is -2.15. The molecule has 196 valence electrons. The van der Waals surface area contributed by atoms with E-state index in [2.05, 4.69) is 15.6 Å². The normalized spacial score (nSPS) is 13.6. The van der Waals surface area contributed by atoms with Gasteiger partial charge in [-0.15, -0.1) is 5.10 Å². The van der Waals surface area contributed by atoms with Crippen LogP contribution in [0.25, 0.3) is 16.9 Å². The quantitative estimate of drug-likeness (QED) is 0.356. The number of methoxy groups -OCH3 is 1. The number of nitrogens with one attached hydrogen (secondary N) is 1. The molecular weight excluding hydrogens is 499 g/mol. The molecule has 0 aliphatic heterocycles. The van der Waals surface area contributed by atoms with Crippen LogP contribution in [0.4, 0.5) is 18.9 Å². The van der Waals surface area contributed by atoms with Gasteiger partial charge in [0.2, 0.25) is 0 Å². The summed E-state index contributed by atoms with van der Waals surface area (Å²) >= 11 is 0. The molecule has 1 amide bonds. The van der Waals surface area contributed by atoms with Crippen LogP contribution in [0, 0.1) is 6.92 Å². The van der Waals surface area contributed by atoms with E-state index >= 15 is 0 Å². The first-order valence-electron chi connectivity index (χ1n) is 10.6. The number of alkyl halides is 3. The Kier molecular flexibility index (Phi) is 7.41. The fourth-order valence-electron chi connectivity index (χ4n) is 3.26. The summed E-state index contributed by atoms with van der Waals surface area (Å²) < 4.78 is 38.6. The van der Waals surface area contributed by atoms with E-state index in [9.17, 15) is 27.9 Å². The maximum Gasteiger partial charge on any atom is 0.490 e. The molecule has 1 aromatic heterocycles. The molecule has 0 atom stereocenters. The highest BCUT2D eigenvalue weighted by molar-refractivity contribution is 6.01. The number of aryl methyl sites for hydroxylation is 1. The Balaban J connectivity index is 0.000000479. The highest BCUT2D eigenvalue weighted by atomic mass is 19.4. The van der Waals surface area contributed by atoms with Crippen LogP contribution in [0.2, 0.25) is 0 Å². The number of carboxylic acid groups (broad SMARTS) is 2. The van der Waals surface area contributed by atoms with Gasteiger partial charge in [0.25, 0.3) is 5.91 Å². The molecule has 0 bridgehead atoms. The van der Waals surface area contributed by atoms with E-state index in [-0.39, 0.29) is 0 Å². The summed E-state index contributed by atoms with van der Waals surface area (Å²) in [6.45, 7) is 1.89. The van der Waals surface area contributed by atoms with E-state index in [1.165, 1.54) is 4.68 Å². The molecule has 37 heavy (non-hydrogen) atoms. The molecule has 0 unspecified atom stereocenters.